The highest BCUT2D eigenvalue weighted by Crippen LogP contribution is 2.32. The van der Waals surface area contributed by atoms with Crippen molar-refractivity contribution in [2.45, 2.75) is 32.4 Å². The molecule has 3 nitrogen and oxygen atoms in total. The van der Waals surface area contributed by atoms with E-state index in [1.807, 2.05) is 43.1 Å². The summed E-state index contributed by atoms with van der Waals surface area (Å²) in [6.07, 6.45) is 2.25. The fourth-order valence-corrected chi connectivity index (χ4v) is 3.23. The number of aryl methyl sites for hydroxylation is 1. The van der Waals surface area contributed by atoms with E-state index in [4.69, 9.17) is 0 Å². The molecule has 21 heavy (non-hydrogen) atoms. The molecule has 1 aromatic carbocycles. The van der Waals surface area contributed by atoms with Crippen molar-refractivity contribution in [1.29, 1.82) is 0 Å². The van der Waals surface area contributed by atoms with Gasteiger partial charge in [-0.3, -0.25) is 4.79 Å². The fourth-order valence-electron chi connectivity index (χ4n) is 2.53. The molecule has 1 N–H and O–H groups in total. The van der Waals surface area contributed by atoms with E-state index in [9.17, 15) is 4.79 Å². The van der Waals surface area contributed by atoms with Gasteiger partial charge >= 0.3 is 0 Å². The van der Waals surface area contributed by atoms with Crippen LogP contribution in [0.1, 0.15) is 33.6 Å². The normalized spacial score (nSPS) is 14.0. The molecule has 4 heteroatoms. The molecule has 3 rings (SSSR count). The van der Waals surface area contributed by atoms with Crippen molar-refractivity contribution in [3.05, 3.63) is 51.7 Å². The van der Waals surface area contributed by atoms with Crippen LogP contribution >= 0.6 is 11.3 Å². The predicted octanol–water partition coefficient (Wildman–Crippen LogP) is 3.90. The van der Waals surface area contributed by atoms with Crippen LogP contribution in [0.2, 0.25) is 0 Å². The highest BCUT2D eigenvalue weighted by Gasteiger charge is 2.34. The molecular formula is C17H20N2OS. The number of thiophene rings is 1. The van der Waals surface area contributed by atoms with Crippen LogP contribution in [-0.2, 0) is 6.54 Å². The minimum Gasteiger partial charge on any atom is -0.387 e. The molecule has 0 radical (unpaired) electrons. The summed E-state index contributed by atoms with van der Waals surface area (Å²) in [5.74, 6) is 0.138. The van der Waals surface area contributed by atoms with Crippen LogP contribution in [0, 0.1) is 6.92 Å². The molecule has 1 aliphatic rings. The summed E-state index contributed by atoms with van der Waals surface area (Å²) in [4.78, 5) is 16.2. The van der Waals surface area contributed by atoms with Crippen molar-refractivity contribution < 1.29 is 4.79 Å². The average molecular weight is 300 g/mol. The van der Waals surface area contributed by atoms with Gasteiger partial charge in [0, 0.05) is 23.7 Å². The maximum absolute atomic E-state index is 13.0. The smallest absolute Gasteiger partial charge is 0.256 e. The second-order valence-corrected chi connectivity index (χ2v) is 6.57. The minimum absolute atomic E-state index is 0.138. The molecule has 0 atom stereocenters. The van der Waals surface area contributed by atoms with Gasteiger partial charge in [-0.2, -0.15) is 0 Å². The number of hydrogen-bond donors (Lipinski definition) is 1. The van der Waals surface area contributed by atoms with Gasteiger partial charge < -0.3 is 10.2 Å². The third-order valence-corrected chi connectivity index (χ3v) is 4.69. The number of carbonyl (C=O) groups excluding carboxylic acids is 1. The Balaban J connectivity index is 1.89. The Morgan fingerprint density at radius 3 is 2.81 bits per heavy atom. The first-order valence-electron chi connectivity index (χ1n) is 7.31. The van der Waals surface area contributed by atoms with E-state index in [0.29, 0.717) is 6.04 Å². The molecule has 0 unspecified atom stereocenters. The number of hydrogen-bond acceptors (Lipinski definition) is 3. The molecule has 1 amide bonds. The van der Waals surface area contributed by atoms with Crippen LogP contribution in [0.3, 0.4) is 0 Å². The number of rotatable bonds is 5. The third kappa shape index (κ3) is 3.10. The van der Waals surface area contributed by atoms with Crippen LogP contribution < -0.4 is 5.32 Å². The van der Waals surface area contributed by atoms with E-state index in [-0.39, 0.29) is 5.91 Å². The summed E-state index contributed by atoms with van der Waals surface area (Å²) < 4.78 is 0. The Morgan fingerprint density at radius 2 is 2.19 bits per heavy atom. The van der Waals surface area contributed by atoms with Gasteiger partial charge in [-0.05, 0) is 43.3 Å². The molecule has 1 heterocycles. The zero-order valence-electron chi connectivity index (χ0n) is 12.4. The van der Waals surface area contributed by atoms with Gasteiger partial charge in [-0.1, -0.05) is 17.7 Å². The minimum atomic E-state index is 0.138. The summed E-state index contributed by atoms with van der Waals surface area (Å²) in [6, 6.07) is 10.5. The standard InChI is InChI=1S/C17H20N2OS/c1-12-5-8-16(18-2)15(10-12)17(20)19(13-6-7-13)11-14-4-3-9-21-14/h3-5,8-10,13,18H,6-7,11H2,1-2H3. The van der Waals surface area contributed by atoms with Gasteiger partial charge in [-0.15, -0.1) is 11.3 Å². The van der Waals surface area contributed by atoms with Gasteiger partial charge in [-0.25, -0.2) is 0 Å². The number of benzene rings is 1. The highest BCUT2D eigenvalue weighted by molar-refractivity contribution is 7.09. The summed E-state index contributed by atoms with van der Waals surface area (Å²) in [7, 11) is 1.86. The van der Waals surface area contributed by atoms with Gasteiger partial charge in [0.15, 0.2) is 0 Å². The SMILES string of the molecule is CNc1ccc(C)cc1C(=O)N(Cc1cccs1)C1CC1. The summed E-state index contributed by atoms with van der Waals surface area (Å²) in [6.45, 7) is 2.75. The van der Waals surface area contributed by atoms with Crippen molar-refractivity contribution in [3.8, 4) is 0 Å². The van der Waals surface area contributed by atoms with E-state index < -0.39 is 0 Å². The predicted molar refractivity (Wildman–Crippen MR) is 87.9 cm³/mol. The first-order valence-corrected chi connectivity index (χ1v) is 8.19. The lowest BCUT2D eigenvalue weighted by Gasteiger charge is -2.23. The lowest BCUT2D eigenvalue weighted by Crippen LogP contribution is -2.32. The number of carbonyl (C=O) groups is 1. The highest BCUT2D eigenvalue weighted by atomic mass is 32.1. The molecule has 0 bridgehead atoms. The van der Waals surface area contributed by atoms with E-state index >= 15 is 0 Å². The first-order chi connectivity index (χ1) is 10.2. The molecule has 2 aromatic rings. The zero-order chi connectivity index (χ0) is 14.8. The summed E-state index contributed by atoms with van der Waals surface area (Å²) >= 11 is 1.71. The van der Waals surface area contributed by atoms with Crippen molar-refractivity contribution in [3.63, 3.8) is 0 Å². The zero-order valence-corrected chi connectivity index (χ0v) is 13.2. The Kier molecular flexibility index (Phi) is 3.97. The van der Waals surface area contributed by atoms with Crippen molar-refractivity contribution >= 4 is 22.9 Å². The number of anilines is 1. The Labute approximate surface area is 129 Å². The number of amides is 1. The molecule has 0 spiro atoms. The second kappa shape index (κ2) is 5.90. The Morgan fingerprint density at radius 1 is 1.38 bits per heavy atom. The van der Waals surface area contributed by atoms with E-state index in [1.54, 1.807) is 11.3 Å². The van der Waals surface area contributed by atoms with E-state index in [2.05, 4.69) is 16.8 Å². The first kappa shape index (κ1) is 14.1. The van der Waals surface area contributed by atoms with Gasteiger partial charge in [0.2, 0.25) is 0 Å². The van der Waals surface area contributed by atoms with Crippen LogP contribution in [-0.4, -0.2) is 23.9 Å². The van der Waals surface area contributed by atoms with Gasteiger partial charge in [0.05, 0.1) is 12.1 Å². The van der Waals surface area contributed by atoms with E-state index in [1.165, 1.54) is 4.88 Å². The van der Waals surface area contributed by atoms with Crippen molar-refractivity contribution in [2.75, 3.05) is 12.4 Å². The maximum atomic E-state index is 13.0. The van der Waals surface area contributed by atoms with Crippen LogP contribution in [0.5, 0.6) is 0 Å². The fraction of sp³-hybridized carbons (Fsp3) is 0.353. The summed E-state index contributed by atoms with van der Waals surface area (Å²) in [5.41, 5.74) is 2.80. The molecule has 1 fully saturated rings. The summed E-state index contributed by atoms with van der Waals surface area (Å²) in [5, 5.41) is 5.20. The van der Waals surface area contributed by atoms with Crippen molar-refractivity contribution in [1.82, 2.24) is 4.90 Å². The lowest BCUT2D eigenvalue weighted by molar-refractivity contribution is 0.0732. The number of nitrogens with zero attached hydrogens (tertiary/aromatic N) is 1. The average Bonchev–Trinajstić information content (AvgIpc) is 3.20. The van der Waals surface area contributed by atoms with Crippen molar-refractivity contribution in [2.24, 2.45) is 0 Å². The van der Waals surface area contributed by atoms with Gasteiger partial charge in [0.1, 0.15) is 0 Å². The Bertz CT molecular complexity index is 632. The maximum Gasteiger partial charge on any atom is 0.256 e. The number of nitrogens with one attached hydrogen (secondary N) is 1. The molecule has 1 aliphatic carbocycles. The quantitative estimate of drug-likeness (QED) is 0.908. The molecule has 1 saturated carbocycles. The molecular weight excluding hydrogens is 280 g/mol. The van der Waals surface area contributed by atoms with E-state index in [0.717, 1.165) is 36.2 Å². The molecule has 110 valence electrons. The largest absolute Gasteiger partial charge is 0.387 e. The second-order valence-electron chi connectivity index (χ2n) is 5.54. The lowest BCUT2D eigenvalue weighted by atomic mass is 10.1. The van der Waals surface area contributed by atoms with Crippen LogP contribution in [0.15, 0.2) is 35.7 Å². The molecule has 0 saturated heterocycles. The third-order valence-electron chi connectivity index (χ3n) is 3.83. The van der Waals surface area contributed by atoms with Crippen LogP contribution in [0.25, 0.3) is 0 Å². The Hall–Kier alpha value is -1.81. The topological polar surface area (TPSA) is 32.3 Å². The van der Waals surface area contributed by atoms with Gasteiger partial charge in [0.25, 0.3) is 5.91 Å². The molecule has 1 aromatic heterocycles. The van der Waals surface area contributed by atoms with Crippen LogP contribution in [0.4, 0.5) is 5.69 Å². The molecule has 0 aliphatic heterocycles. The monoisotopic (exact) mass is 300 g/mol.